The van der Waals surface area contributed by atoms with Crippen LogP contribution in [0.4, 0.5) is 10.5 Å². The maximum Gasteiger partial charge on any atom is 0.410 e. The number of carbonyl (C=O) groups is 2. The predicted octanol–water partition coefficient (Wildman–Crippen LogP) is 7.63. The van der Waals surface area contributed by atoms with E-state index in [-0.39, 0.29) is 31.6 Å². The first kappa shape index (κ1) is 42.6. The monoisotopic (exact) mass is 832 g/mol. The number of nitrogens with one attached hydrogen (secondary N) is 2. The van der Waals surface area contributed by atoms with Crippen molar-refractivity contribution in [2.24, 2.45) is 0 Å². The lowest BCUT2D eigenvalue weighted by atomic mass is 10.0. The second kappa shape index (κ2) is 18.3. The Morgan fingerprint density at radius 3 is 2.50 bits per heavy atom. The quantitative estimate of drug-likeness (QED) is 0.101. The molecule has 5 aromatic rings. The number of rotatable bonds is 15. The molecule has 0 spiro atoms. The molecule has 2 amide bonds. The van der Waals surface area contributed by atoms with Gasteiger partial charge in [0.05, 0.1) is 17.4 Å². The highest BCUT2D eigenvalue weighted by Gasteiger charge is 2.25. The summed E-state index contributed by atoms with van der Waals surface area (Å²) in [5, 5.41) is 12.6. The van der Waals surface area contributed by atoms with Gasteiger partial charge in [-0.2, -0.15) is 17.8 Å². The Kier molecular flexibility index (Phi) is 13.5. The molecule has 3 aromatic carbocycles. The molecule has 1 atom stereocenters. The molecule has 0 saturated carbocycles. The largest absolute Gasteiger partial charge is 0.444 e. The van der Waals surface area contributed by atoms with E-state index in [1.165, 1.54) is 29.2 Å². The summed E-state index contributed by atoms with van der Waals surface area (Å²) in [6.07, 6.45) is 6.19. The number of ether oxygens (including phenoxy) is 2. The summed E-state index contributed by atoms with van der Waals surface area (Å²) in [6, 6.07) is 19.5. The third-order valence-corrected chi connectivity index (χ3v) is 11.8. The van der Waals surface area contributed by atoms with Gasteiger partial charge in [0.1, 0.15) is 11.4 Å². The number of hydrogen-bond acceptors (Lipinski definition) is 9. The molecular formula is C42H53ClN8O6S. The van der Waals surface area contributed by atoms with Gasteiger partial charge in [-0.3, -0.25) is 4.79 Å². The van der Waals surface area contributed by atoms with Crippen LogP contribution < -0.4 is 10.6 Å². The number of amides is 2. The summed E-state index contributed by atoms with van der Waals surface area (Å²) in [5.41, 5.74) is 4.87. The van der Waals surface area contributed by atoms with Crippen molar-refractivity contribution in [3.8, 4) is 22.4 Å². The number of anilines is 1. The molecule has 2 N–H and O–H groups in total. The van der Waals surface area contributed by atoms with Crippen LogP contribution in [0.5, 0.6) is 0 Å². The zero-order valence-electron chi connectivity index (χ0n) is 34.0. The molecule has 16 heteroatoms. The predicted molar refractivity (Wildman–Crippen MR) is 227 cm³/mol. The lowest BCUT2D eigenvalue weighted by Gasteiger charge is -2.27. The number of benzene rings is 3. The molecule has 1 aliphatic rings. The summed E-state index contributed by atoms with van der Waals surface area (Å²) >= 11 is 6.67. The van der Waals surface area contributed by atoms with Gasteiger partial charge >= 0.3 is 16.3 Å². The van der Waals surface area contributed by atoms with Gasteiger partial charge in [0.2, 0.25) is 5.91 Å². The number of carbonyl (C=O) groups excluding carboxylic acids is 2. The Balaban J connectivity index is 1.10. The van der Waals surface area contributed by atoms with Gasteiger partial charge in [-0.05, 0) is 82.7 Å². The highest BCUT2D eigenvalue weighted by Crippen LogP contribution is 2.35. The molecule has 6 rings (SSSR count). The molecule has 0 bridgehead atoms. The number of halogens is 1. The van der Waals surface area contributed by atoms with E-state index in [4.69, 9.17) is 26.2 Å². The SMILES string of the molecule is Cc1nc(-c2cc(NCCCNC(=O)CCN(Cc3ccc(-c4ccccc4)c(Cl)c3)C(=O)OC(C)(C)C)c3cnn(C4CCCCO4)c3c2)cn1S(=O)(=O)N(C)C. The fourth-order valence-corrected chi connectivity index (χ4v) is 8.02. The van der Waals surface area contributed by atoms with E-state index in [9.17, 15) is 18.0 Å². The average Bonchev–Trinajstić information content (AvgIpc) is 3.80. The number of nitrogens with zero attached hydrogens (tertiary/aromatic N) is 6. The summed E-state index contributed by atoms with van der Waals surface area (Å²) in [4.78, 5) is 32.5. The van der Waals surface area contributed by atoms with Crippen molar-refractivity contribution in [2.45, 2.75) is 78.2 Å². The molecule has 1 fully saturated rings. The van der Waals surface area contributed by atoms with Crippen LogP contribution in [0.3, 0.4) is 0 Å². The summed E-state index contributed by atoms with van der Waals surface area (Å²) in [6.45, 7) is 9.04. The van der Waals surface area contributed by atoms with E-state index in [1.54, 1.807) is 27.7 Å². The summed E-state index contributed by atoms with van der Waals surface area (Å²) < 4.78 is 41.9. The summed E-state index contributed by atoms with van der Waals surface area (Å²) in [5.74, 6) is 0.150. The normalized spacial score (nSPS) is 14.8. The minimum atomic E-state index is -3.77. The van der Waals surface area contributed by atoms with Crippen LogP contribution in [0.1, 0.15) is 70.5 Å². The molecule has 58 heavy (non-hydrogen) atoms. The maximum absolute atomic E-state index is 13.3. The second-order valence-electron chi connectivity index (χ2n) is 15.6. The summed E-state index contributed by atoms with van der Waals surface area (Å²) in [7, 11) is -0.802. The van der Waals surface area contributed by atoms with Crippen LogP contribution >= 0.6 is 11.6 Å². The second-order valence-corrected chi connectivity index (χ2v) is 18.0. The van der Waals surface area contributed by atoms with Crippen molar-refractivity contribution < 1.29 is 27.5 Å². The maximum atomic E-state index is 13.3. The van der Waals surface area contributed by atoms with E-state index in [0.29, 0.717) is 42.7 Å². The molecule has 14 nitrogen and oxygen atoms in total. The van der Waals surface area contributed by atoms with Crippen molar-refractivity contribution in [2.75, 3.05) is 45.7 Å². The minimum Gasteiger partial charge on any atom is -0.444 e. The fraction of sp³-hybridized carbons (Fsp3) is 0.429. The first-order chi connectivity index (χ1) is 27.6. The van der Waals surface area contributed by atoms with Gasteiger partial charge in [-0.15, -0.1) is 0 Å². The molecule has 3 heterocycles. The Morgan fingerprint density at radius 1 is 1.03 bits per heavy atom. The van der Waals surface area contributed by atoms with Crippen molar-refractivity contribution in [3.05, 3.63) is 89.5 Å². The number of aromatic nitrogens is 4. The molecule has 0 radical (unpaired) electrons. The van der Waals surface area contributed by atoms with Crippen LogP contribution in [0, 0.1) is 6.92 Å². The minimum absolute atomic E-state index is 0.0865. The number of imidazole rings is 1. The van der Waals surface area contributed by atoms with Crippen LogP contribution in [0.15, 0.2) is 73.1 Å². The average molecular weight is 833 g/mol. The third kappa shape index (κ3) is 10.4. The molecule has 2 aromatic heterocycles. The lowest BCUT2D eigenvalue weighted by molar-refractivity contribution is -0.121. The standard InChI is InChI=1S/C42H53ClN8O6S/c1-29-47-37(28-50(29)58(54,55)48(5)6)32-24-36(34-26-46-51(38(34)25-32)40-15-10-11-22-56-40)44-19-12-20-45-39(52)18-21-49(41(53)57-42(2,3)4)27-30-16-17-33(35(43)23-30)31-13-8-7-9-14-31/h7-9,13-14,16-17,23-26,28,40,44H,10-12,15,18-22,27H2,1-6H3,(H,45,52). The van der Waals surface area contributed by atoms with E-state index in [1.807, 2.05) is 71.5 Å². The highest BCUT2D eigenvalue weighted by atomic mass is 35.5. The lowest BCUT2D eigenvalue weighted by Crippen LogP contribution is -2.39. The van der Waals surface area contributed by atoms with Gasteiger partial charge in [-0.1, -0.05) is 54.1 Å². The molecule has 1 unspecified atom stereocenters. The Labute approximate surface area is 345 Å². The Morgan fingerprint density at radius 2 is 1.81 bits per heavy atom. The van der Waals surface area contributed by atoms with Gasteiger partial charge in [0, 0.05) is 86.7 Å². The van der Waals surface area contributed by atoms with Crippen LogP contribution in [0.25, 0.3) is 33.3 Å². The topological polar surface area (TPSA) is 153 Å². The first-order valence-corrected chi connectivity index (χ1v) is 21.3. The van der Waals surface area contributed by atoms with Crippen LogP contribution in [0.2, 0.25) is 5.02 Å². The number of aryl methyl sites for hydroxylation is 1. The molecule has 0 aliphatic carbocycles. The third-order valence-electron chi connectivity index (χ3n) is 9.73. The van der Waals surface area contributed by atoms with E-state index in [0.717, 1.165) is 62.4 Å². The van der Waals surface area contributed by atoms with Gasteiger partial charge in [0.25, 0.3) is 0 Å². The van der Waals surface area contributed by atoms with Gasteiger partial charge < -0.3 is 25.0 Å². The van der Waals surface area contributed by atoms with Gasteiger partial charge in [-0.25, -0.2) is 18.4 Å². The Bertz CT molecular complexity index is 2330. The van der Waals surface area contributed by atoms with Gasteiger partial charge in [0.15, 0.2) is 6.23 Å². The molecule has 1 aliphatic heterocycles. The van der Waals surface area contributed by atoms with E-state index >= 15 is 0 Å². The Hall–Kier alpha value is -4.96. The number of fused-ring (bicyclic) bond motifs is 1. The zero-order chi connectivity index (χ0) is 41.6. The first-order valence-electron chi connectivity index (χ1n) is 19.6. The van der Waals surface area contributed by atoms with E-state index < -0.39 is 21.9 Å². The van der Waals surface area contributed by atoms with Crippen LogP contribution in [-0.4, -0.2) is 94.3 Å². The molecular weight excluding hydrogens is 780 g/mol. The van der Waals surface area contributed by atoms with Crippen molar-refractivity contribution in [3.63, 3.8) is 0 Å². The van der Waals surface area contributed by atoms with Crippen molar-refractivity contribution in [1.82, 2.24) is 33.3 Å². The van der Waals surface area contributed by atoms with E-state index in [2.05, 4.69) is 15.6 Å². The van der Waals surface area contributed by atoms with Crippen molar-refractivity contribution >= 4 is 50.4 Å². The number of hydrogen-bond donors (Lipinski definition) is 2. The van der Waals surface area contributed by atoms with Crippen molar-refractivity contribution in [1.29, 1.82) is 0 Å². The fourth-order valence-electron chi connectivity index (χ4n) is 6.75. The highest BCUT2D eigenvalue weighted by molar-refractivity contribution is 7.87. The zero-order valence-corrected chi connectivity index (χ0v) is 35.6. The van der Waals surface area contributed by atoms with Crippen LogP contribution in [-0.2, 0) is 31.0 Å². The molecule has 310 valence electrons. The smallest absolute Gasteiger partial charge is 0.410 e. The molecule has 1 saturated heterocycles.